The van der Waals surface area contributed by atoms with Crippen LogP contribution in [0.5, 0.6) is 0 Å². The van der Waals surface area contributed by atoms with Gasteiger partial charge in [-0.3, -0.25) is 4.98 Å². The van der Waals surface area contributed by atoms with E-state index in [1.807, 2.05) is 24.3 Å². The van der Waals surface area contributed by atoms with Gasteiger partial charge in [-0.05, 0) is 42.0 Å². The molecule has 2 aromatic carbocycles. The number of carbonyl (C=O) groups is 1. The standard InChI is InChI=1S/C16H12ClN3OS/c17-12-4-6-13(7-5-12)19-16(21)20-14-3-1-2-11(8-14)15-9-18-10-22-15/h1-10H,(H2,19,20,21). The maximum atomic E-state index is 12.0. The molecule has 22 heavy (non-hydrogen) atoms. The van der Waals surface area contributed by atoms with Gasteiger partial charge in [0.2, 0.25) is 0 Å². The first-order chi connectivity index (χ1) is 10.7. The lowest BCUT2D eigenvalue weighted by Gasteiger charge is -2.08. The molecular formula is C16H12ClN3OS. The summed E-state index contributed by atoms with van der Waals surface area (Å²) in [5.74, 6) is 0. The van der Waals surface area contributed by atoms with Crippen molar-refractivity contribution >= 4 is 40.3 Å². The number of benzene rings is 2. The SMILES string of the molecule is O=C(Nc1ccc(Cl)cc1)Nc1cccc(-c2cncs2)c1. The Morgan fingerprint density at radius 3 is 2.55 bits per heavy atom. The molecule has 0 aliphatic carbocycles. The van der Waals surface area contributed by atoms with Gasteiger partial charge < -0.3 is 10.6 Å². The molecule has 2 N–H and O–H groups in total. The molecule has 6 heteroatoms. The first kappa shape index (κ1) is 14.6. The highest BCUT2D eigenvalue weighted by molar-refractivity contribution is 7.13. The van der Waals surface area contributed by atoms with E-state index in [0.29, 0.717) is 10.7 Å². The number of nitrogens with zero attached hydrogens (tertiary/aromatic N) is 1. The van der Waals surface area contributed by atoms with E-state index in [0.717, 1.165) is 16.1 Å². The molecule has 1 heterocycles. The van der Waals surface area contributed by atoms with Crippen LogP contribution in [0.2, 0.25) is 5.02 Å². The fourth-order valence-corrected chi connectivity index (χ4v) is 2.68. The van der Waals surface area contributed by atoms with Crippen LogP contribution in [0.4, 0.5) is 16.2 Å². The van der Waals surface area contributed by atoms with Gasteiger partial charge in [0.1, 0.15) is 0 Å². The maximum absolute atomic E-state index is 12.0. The van der Waals surface area contributed by atoms with E-state index < -0.39 is 0 Å². The minimum Gasteiger partial charge on any atom is -0.308 e. The van der Waals surface area contributed by atoms with Crippen LogP contribution in [0, 0.1) is 0 Å². The quantitative estimate of drug-likeness (QED) is 0.701. The molecule has 0 bridgehead atoms. The predicted octanol–water partition coefficient (Wildman–Crippen LogP) is 5.11. The summed E-state index contributed by atoms with van der Waals surface area (Å²) in [6.07, 6.45) is 1.80. The number of hydrogen-bond donors (Lipinski definition) is 2. The van der Waals surface area contributed by atoms with Gasteiger partial charge in [0.05, 0.1) is 10.4 Å². The van der Waals surface area contributed by atoms with E-state index in [4.69, 9.17) is 11.6 Å². The Morgan fingerprint density at radius 2 is 1.82 bits per heavy atom. The molecule has 4 nitrogen and oxygen atoms in total. The van der Waals surface area contributed by atoms with Gasteiger partial charge in [-0.15, -0.1) is 11.3 Å². The van der Waals surface area contributed by atoms with Crippen molar-refractivity contribution < 1.29 is 4.79 Å². The van der Waals surface area contributed by atoms with Crippen LogP contribution >= 0.6 is 22.9 Å². The molecule has 0 saturated heterocycles. The summed E-state index contributed by atoms with van der Waals surface area (Å²) in [7, 11) is 0. The van der Waals surface area contributed by atoms with Crippen LogP contribution in [0.25, 0.3) is 10.4 Å². The van der Waals surface area contributed by atoms with Crippen LogP contribution in [0.1, 0.15) is 0 Å². The monoisotopic (exact) mass is 329 g/mol. The number of urea groups is 1. The van der Waals surface area contributed by atoms with E-state index in [1.54, 1.807) is 47.3 Å². The van der Waals surface area contributed by atoms with Crippen LogP contribution in [0.3, 0.4) is 0 Å². The minimum atomic E-state index is -0.302. The molecule has 0 fully saturated rings. The van der Waals surface area contributed by atoms with Crippen LogP contribution < -0.4 is 10.6 Å². The summed E-state index contributed by atoms with van der Waals surface area (Å²) in [4.78, 5) is 17.1. The highest BCUT2D eigenvalue weighted by Gasteiger charge is 2.05. The topological polar surface area (TPSA) is 54.0 Å². The highest BCUT2D eigenvalue weighted by Crippen LogP contribution is 2.25. The van der Waals surface area contributed by atoms with Crippen LogP contribution in [0.15, 0.2) is 60.2 Å². The molecule has 3 rings (SSSR count). The fraction of sp³-hybridized carbons (Fsp3) is 0. The second-order valence-corrected chi connectivity index (χ2v) is 5.86. The first-order valence-corrected chi connectivity index (χ1v) is 7.79. The third-order valence-corrected chi connectivity index (χ3v) is 4.01. The van der Waals surface area contributed by atoms with Gasteiger partial charge >= 0.3 is 6.03 Å². The van der Waals surface area contributed by atoms with Crippen molar-refractivity contribution in [1.29, 1.82) is 0 Å². The van der Waals surface area contributed by atoms with Crippen molar-refractivity contribution in [3.05, 3.63) is 65.3 Å². The van der Waals surface area contributed by atoms with Crippen LogP contribution in [-0.4, -0.2) is 11.0 Å². The van der Waals surface area contributed by atoms with Gasteiger partial charge in [0.25, 0.3) is 0 Å². The van der Waals surface area contributed by atoms with Crippen molar-refractivity contribution in [2.75, 3.05) is 10.6 Å². The fourth-order valence-electron chi connectivity index (χ4n) is 1.94. The van der Waals surface area contributed by atoms with E-state index in [2.05, 4.69) is 15.6 Å². The number of halogens is 1. The Kier molecular flexibility index (Phi) is 4.37. The Bertz CT molecular complexity index is 772. The molecule has 110 valence electrons. The molecule has 0 saturated carbocycles. The van der Waals surface area contributed by atoms with Gasteiger partial charge in [0.15, 0.2) is 0 Å². The Morgan fingerprint density at radius 1 is 1.05 bits per heavy atom. The third-order valence-electron chi connectivity index (χ3n) is 2.94. The Balaban J connectivity index is 1.69. The van der Waals surface area contributed by atoms with Gasteiger partial charge in [-0.1, -0.05) is 23.7 Å². The molecule has 0 spiro atoms. The Hall–Kier alpha value is -2.37. The number of nitrogens with one attached hydrogen (secondary N) is 2. The lowest BCUT2D eigenvalue weighted by Crippen LogP contribution is -2.19. The second kappa shape index (κ2) is 6.60. The lowest BCUT2D eigenvalue weighted by atomic mass is 10.2. The van der Waals surface area contributed by atoms with E-state index in [-0.39, 0.29) is 6.03 Å². The second-order valence-electron chi connectivity index (χ2n) is 4.53. The van der Waals surface area contributed by atoms with Crippen LogP contribution in [-0.2, 0) is 0 Å². The molecule has 0 aliphatic heterocycles. The zero-order valence-corrected chi connectivity index (χ0v) is 13.0. The number of amides is 2. The highest BCUT2D eigenvalue weighted by atomic mass is 35.5. The van der Waals surface area contributed by atoms with Gasteiger partial charge in [-0.2, -0.15) is 0 Å². The van der Waals surface area contributed by atoms with Crippen molar-refractivity contribution in [3.8, 4) is 10.4 Å². The number of hydrogen-bond acceptors (Lipinski definition) is 3. The molecule has 0 atom stereocenters. The summed E-state index contributed by atoms with van der Waals surface area (Å²) in [5.41, 5.74) is 4.20. The van der Waals surface area contributed by atoms with E-state index in [1.165, 1.54) is 0 Å². The average molecular weight is 330 g/mol. The Labute approximate surface area is 136 Å². The first-order valence-electron chi connectivity index (χ1n) is 6.53. The predicted molar refractivity (Wildman–Crippen MR) is 91.6 cm³/mol. The molecule has 1 aromatic heterocycles. The summed E-state index contributed by atoms with van der Waals surface area (Å²) >= 11 is 7.37. The summed E-state index contributed by atoms with van der Waals surface area (Å²) < 4.78 is 0. The van der Waals surface area contributed by atoms with E-state index in [9.17, 15) is 4.79 Å². The molecular weight excluding hydrogens is 318 g/mol. The van der Waals surface area contributed by atoms with Crippen molar-refractivity contribution in [3.63, 3.8) is 0 Å². The molecule has 0 aliphatic rings. The normalized spacial score (nSPS) is 10.2. The molecule has 0 unspecified atom stereocenters. The average Bonchev–Trinajstić information content (AvgIpc) is 3.04. The number of thiazole rings is 1. The summed E-state index contributed by atoms with van der Waals surface area (Å²) in [6, 6.07) is 14.3. The summed E-state index contributed by atoms with van der Waals surface area (Å²) in [6.45, 7) is 0. The zero-order chi connectivity index (χ0) is 15.4. The van der Waals surface area contributed by atoms with E-state index >= 15 is 0 Å². The zero-order valence-electron chi connectivity index (χ0n) is 11.4. The van der Waals surface area contributed by atoms with Crippen molar-refractivity contribution in [1.82, 2.24) is 4.98 Å². The minimum absolute atomic E-state index is 0.302. The number of rotatable bonds is 3. The largest absolute Gasteiger partial charge is 0.323 e. The van der Waals surface area contributed by atoms with Gasteiger partial charge in [-0.25, -0.2) is 4.79 Å². The third kappa shape index (κ3) is 3.63. The molecule has 3 aromatic rings. The lowest BCUT2D eigenvalue weighted by molar-refractivity contribution is 0.262. The van der Waals surface area contributed by atoms with Gasteiger partial charge in [0, 0.05) is 22.6 Å². The molecule has 2 amide bonds. The summed E-state index contributed by atoms with van der Waals surface area (Å²) in [5, 5.41) is 6.19. The number of aromatic nitrogens is 1. The van der Waals surface area contributed by atoms with Crippen molar-refractivity contribution in [2.24, 2.45) is 0 Å². The van der Waals surface area contributed by atoms with Crippen molar-refractivity contribution in [2.45, 2.75) is 0 Å². The number of anilines is 2. The number of carbonyl (C=O) groups excluding carboxylic acids is 1. The maximum Gasteiger partial charge on any atom is 0.323 e. The smallest absolute Gasteiger partial charge is 0.308 e. The molecule has 0 radical (unpaired) electrons.